The van der Waals surface area contributed by atoms with Crippen molar-refractivity contribution in [2.45, 2.75) is 33.2 Å². The Morgan fingerprint density at radius 3 is 2.61 bits per heavy atom. The van der Waals surface area contributed by atoms with Crippen LogP contribution in [-0.2, 0) is 0 Å². The number of carbonyl (C=O) groups is 1. The second kappa shape index (κ2) is 5.09. The number of hydrogen-bond acceptors (Lipinski definition) is 1. The maximum absolute atomic E-state index is 13.7. The van der Waals surface area contributed by atoms with Crippen LogP contribution in [0.2, 0.25) is 0 Å². The van der Waals surface area contributed by atoms with Crippen molar-refractivity contribution in [2.24, 2.45) is 11.8 Å². The van der Waals surface area contributed by atoms with E-state index in [0.29, 0.717) is 11.8 Å². The normalized spacial score (nSPS) is 28.2. The fourth-order valence-electron chi connectivity index (χ4n) is 2.77. The molecule has 1 fully saturated rings. The third kappa shape index (κ3) is 2.40. The van der Waals surface area contributed by atoms with Gasteiger partial charge in [0.2, 0.25) is 0 Å². The maximum Gasteiger partial charge on any atom is 0.257 e. The van der Waals surface area contributed by atoms with E-state index in [-0.39, 0.29) is 17.5 Å². The lowest BCUT2D eigenvalue weighted by molar-refractivity contribution is 0.0451. The van der Waals surface area contributed by atoms with E-state index < -0.39 is 5.82 Å². The van der Waals surface area contributed by atoms with Crippen molar-refractivity contribution in [3.8, 4) is 0 Å². The lowest BCUT2D eigenvalue weighted by Crippen LogP contribution is -2.49. The summed E-state index contributed by atoms with van der Waals surface area (Å²) >= 11 is 0. The molecule has 3 atom stereocenters. The number of likely N-dealkylation sites (tertiary alicyclic amines) is 1. The van der Waals surface area contributed by atoms with Gasteiger partial charge < -0.3 is 4.90 Å². The number of piperidine rings is 1. The molecule has 1 aromatic carbocycles. The molecule has 2 rings (SSSR count). The molecule has 1 aromatic rings. The van der Waals surface area contributed by atoms with Crippen molar-refractivity contribution in [1.29, 1.82) is 0 Å². The number of rotatable bonds is 1. The van der Waals surface area contributed by atoms with Crippen LogP contribution in [0.4, 0.5) is 4.39 Å². The third-order valence-electron chi connectivity index (χ3n) is 3.96. The van der Waals surface area contributed by atoms with Gasteiger partial charge in [-0.1, -0.05) is 26.0 Å². The van der Waals surface area contributed by atoms with Crippen LogP contribution in [0.3, 0.4) is 0 Å². The van der Waals surface area contributed by atoms with Crippen LogP contribution in [0.1, 0.15) is 37.6 Å². The molecule has 0 radical (unpaired) electrons. The molecule has 98 valence electrons. The SMILES string of the molecule is CC1CC(C)C(C)N(C(=O)c2ccccc2F)C1. The summed E-state index contributed by atoms with van der Waals surface area (Å²) in [5.74, 6) is 0.330. The standard InChI is InChI=1S/C15H20FNO/c1-10-8-11(2)12(3)17(9-10)15(18)13-6-4-5-7-14(13)16/h4-7,10-12H,8-9H2,1-3H3. The summed E-state index contributed by atoms with van der Waals surface area (Å²) in [4.78, 5) is 14.2. The minimum Gasteiger partial charge on any atom is -0.335 e. The Balaban J connectivity index is 2.25. The number of nitrogens with zero attached hydrogens (tertiary/aromatic N) is 1. The topological polar surface area (TPSA) is 20.3 Å². The summed E-state index contributed by atoms with van der Waals surface area (Å²) in [6.07, 6.45) is 1.13. The first-order chi connectivity index (χ1) is 8.50. The van der Waals surface area contributed by atoms with Gasteiger partial charge in [0.25, 0.3) is 5.91 Å². The number of hydrogen-bond donors (Lipinski definition) is 0. The van der Waals surface area contributed by atoms with Crippen LogP contribution in [0, 0.1) is 17.7 Å². The van der Waals surface area contributed by atoms with E-state index in [9.17, 15) is 9.18 Å². The summed E-state index contributed by atoms with van der Waals surface area (Å²) in [5.41, 5.74) is 0.186. The van der Waals surface area contributed by atoms with Gasteiger partial charge in [-0.25, -0.2) is 4.39 Å². The molecule has 1 saturated heterocycles. The summed E-state index contributed by atoms with van der Waals surface area (Å²) in [6, 6.07) is 6.39. The average Bonchev–Trinajstić information content (AvgIpc) is 2.33. The Morgan fingerprint density at radius 2 is 1.94 bits per heavy atom. The monoisotopic (exact) mass is 249 g/mol. The number of benzene rings is 1. The molecule has 3 unspecified atom stereocenters. The number of amides is 1. The predicted molar refractivity (Wildman–Crippen MR) is 69.8 cm³/mol. The van der Waals surface area contributed by atoms with Crippen LogP contribution in [0.15, 0.2) is 24.3 Å². The number of carbonyl (C=O) groups excluding carboxylic acids is 1. The second-order valence-corrected chi connectivity index (χ2v) is 5.50. The van der Waals surface area contributed by atoms with Gasteiger partial charge in [0.1, 0.15) is 5.82 Å². The Morgan fingerprint density at radius 1 is 1.28 bits per heavy atom. The molecule has 0 spiro atoms. The minimum absolute atomic E-state index is 0.174. The fraction of sp³-hybridized carbons (Fsp3) is 0.533. The highest BCUT2D eigenvalue weighted by Gasteiger charge is 2.33. The van der Waals surface area contributed by atoms with Crippen molar-refractivity contribution < 1.29 is 9.18 Å². The fourth-order valence-corrected chi connectivity index (χ4v) is 2.77. The van der Waals surface area contributed by atoms with Gasteiger partial charge in [0.15, 0.2) is 0 Å². The van der Waals surface area contributed by atoms with Gasteiger partial charge in [-0.15, -0.1) is 0 Å². The Hall–Kier alpha value is -1.38. The van der Waals surface area contributed by atoms with Crippen LogP contribution in [-0.4, -0.2) is 23.4 Å². The largest absolute Gasteiger partial charge is 0.335 e. The van der Waals surface area contributed by atoms with Crippen molar-refractivity contribution in [3.05, 3.63) is 35.6 Å². The first-order valence-electron chi connectivity index (χ1n) is 6.56. The summed E-state index contributed by atoms with van der Waals surface area (Å²) in [5, 5.41) is 0. The van der Waals surface area contributed by atoms with Gasteiger partial charge in [0, 0.05) is 12.6 Å². The average molecular weight is 249 g/mol. The lowest BCUT2D eigenvalue weighted by atomic mass is 9.85. The van der Waals surface area contributed by atoms with E-state index in [1.807, 2.05) is 4.90 Å². The first-order valence-corrected chi connectivity index (χ1v) is 6.56. The maximum atomic E-state index is 13.7. The molecule has 2 nitrogen and oxygen atoms in total. The second-order valence-electron chi connectivity index (χ2n) is 5.50. The Bertz CT molecular complexity index is 446. The summed E-state index contributed by atoms with van der Waals surface area (Å²) in [7, 11) is 0. The zero-order valence-electron chi connectivity index (χ0n) is 11.2. The molecule has 1 aliphatic heterocycles. The van der Waals surface area contributed by atoms with Crippen molar-refractivity contribution in [1.82, 2.24) is 4.90 Å². The van der Waals surface area contributed by atoms with Gasteiger partial charge in [-0.2, -0.15) is 0 Å². The van der Waals surface area contributed by atoms with E-state index in [4.69, 9.17) is 0 Å². The van der Waals surface area contributed by atoms with Gasteiger partial charge in [-0.3, -0.25) is 4.79 Å². The van der Waals surface area contributed by atoms with Crippen molar-refractivity contribution in [3.63, 3.8) is 0 Å². The van der Waals surface area contributed by atoms with E-state index >= 15 is 0 Å². The minimum atomic E-state index is -0.430. The zero-order valence-corrected chi connectivity index (χ0v) is 11.2. The van der Waals surface area contributed by atoms with Gasteiger partial charge in [-0.05, 0) is 37.3 Å². The molecule has 0 aromatic heterocycles. The highest BCUT2D eigenvalue weighted by Crippen LogP contribution is 2.28. The lowest BCUT2D eigenvalue weighted by Gasteiger charge is -2.41. The van der Waals surface area contributed by atoms with E-state index in [1.54, 1.807) is 18.2 Å². The highest BCUT2D eigenvalue weighted by molar-refractivity contribution is 5.94. The third-order valence-corrected chi connectivity index (χ3v) is 3.96. The molecule has 0 bridgehead atoms. The van der Waals surface area contributed by atoms with Gasteiger partial charge >= 0.3 is 0 Å². The van der Waals surface area contributed by atoms with Crippen LogP contribution in [0.25, 0.3) is 0 Å². The zero-order chi connectivity index (χ0) is 13.3. The number of halogens is 1. The van der Waals surface area contributed by atoms with Crippen molar-refractivity contribution >= 4 is 5.91 Å². The Labute approximate surface area is 108 Å². The molecular formula is C15H20FNO. The molecule has 1 heterocycles. The predicted octanol–water partition coefficient (Wildman–Crippen LogP) is 3.33. The van der Waals surface area contributed by atoms with Crippen LogP contribution >= 0.6 is 0 Å². The van der Waals surface area contributed by atoms with Crippen LogP contribution in [0.5, 0.6) is 0 Å². The van der Waals surface area contributed by atoms with Gasteiger partial charge in [0.05, 0.1) is 5.56 Å². The molecule has 1 amide bonds. The highest BCUT2D eigenvalue weighted by atomic mass is 19.1. The molecule has 0 aliphatic carbocycles. The quantitative estimate of drug-likeness (QED) is 0.747. The summed E-state index contributed by atoms with van der Waals surface area (Å²) < 4.78 is 13.7. The summed E-state index contributed by atoms with van der Waals surface area (Å²) in [6.45, 7) is 7.07. The molecule has 3 heteroatoms. The van der Waals surface area contributed by atoms with Crippen LogP contribution < -0.4 is 0 Å². The smallest absolute Gasteiger partial charge is 0.257 e. The molecule has 0 saturated carbocycles. The van der Waals surface area contributed by atoms with E-state index in [2.05, 4.69) is 20.8 Å². The van der Waals surface area contributed by atoms with Crippen molar-refractivity contribution in [2.75, 3.05) is 6.54 Å². The molecular weight excluding hydrogens is 229 g/mol. The molecule has 18 heavy (non-hydrogen) atoms. The molecule has 1 aliphatic rings. The first kappa shape index (κ1) is 13.1. The van der Waals surface area contributed by atoms with E-state index in [1.165, 1.54) is 6.07 Å². The molecule has 0 N–H and O–H groups in total. The van der Waals surface area contributed by atoms with E-state index in [0.717, 1.165) is 13.0 Å². The Kier molecular flexibility index (Phi) is 3.69.